The number of nitrogen functional groups attached to an aromatic ring is 1. The Hall–Kier alpha value is -1.71. The van der Waals surface area contributed by atoms with Crippen molar-refractivity contribution in [2.75, 3.05) is 12.3 Å². The van der Waals surface area contributed by atoms with Crippen molar-refractivity contribution in [3.8, 4) is 5.75 Å². The van der Waals surface area contributed by atoms with Gasteiger partial charge in [0, 0.05) is 12.1 Å². The van der Waals surface area contributed by atoms with Gasteiger partial charge in [0.25, 0.3) is 5.91 Å². The zero-order chi connectivity index (χ0) is 13.1. The minimum Gasteiger partial charge on any atom is -0.506 e. The van der Waals surface area contributed by atoms with Gasteiger partial charge >= 0.3 is 0 Å². The number of carbonyl (C=O) groups excluding carboxylic acids is 1. The van der Waals surface area contributed by atoms with Gasteiger partial charge in [0.2, 0.25) is 0 Å². The van der Waals surface area contributed by atoms with Crippen molar-refractivity contribution in [2.24, 2.45) is 11.8 Å². The summed E-state index contributed by atoms with van der Waals surface area (Å²) in [6, 6.07) is 4.57. The Labute approximate surface area is 107 Å². The van der Waals surface area contributed by atoms with E-state index in [2.05, 4.69) is 12.2 Å². The summed E-state index contributed by atoms with van der Waals surface area (Å²) in [5, 5.41) is 12.4. The van der Waals surface area contributed by atoms with Crippen LogP contribution in [-0.4, -0.2) is 17.6 Å². The summed E-state index contributed by atoms with van der Waals surface area (Å²) in [6.45, 7) is 2.97. The van der Waals surface area contributed by atoms with E-state index in [0.29, 0.717) is 18.0 Å². The maximum Gasteiger partial charge on any atom is 0.251 e. The number of nitrogens with one attached hydrogen (secondary N) is 1. The molecule has 18 heavy (non-hydrogen) atoms. The third-order valence-electron chi connectivity index (χ3n) is 3.65. The molecule has 1 aliphatic rings. The Balaban J connectivity index is 1.89. The zero-order valence-corrected chi connectivity index (χ0v) is 10.6. The number of nitrogens with two attached hydrogens (primary N) is 1. The Morgan fingerprint density at radius 2 is 2.28 bits per heavy atom. The predicted octanol–water partition coefficient (Wildman–Crippen LogP) is 2.14. The van der Waals surface area contributed by atoms with E-state index >= 15 is 0 Å². The molecule has 1 amide bonds. The second-order valence-electron chi connectivity index (χ2n) is 5.27. The topological polar surface area (TPSA) is 75.4 Å². The molecular weight excluding hydrogens is 228 g/mol. The molecular formula is C14H20N2O2. The first-order chi connectivity index (χ1) is 8.56. The molecule has 0 spiro atoms. The van der Waals surface area contributed by atoms with Crippen molar-refractivity contribution in [1.29, 1.82) is 0 Å². The summed E-state index contributed by atoms with van der Waals surface area (Å²) in [5.74, 6) is 1.17. The van der Waals surface area contributed by atoms with E-state index < -0.39 is 0 Å². The van der Waals surface area contributed by atoms with Gasteiger partial charge in [0.15, 0.2) is 0 Å². The van der Waals surface area contributed by atoms with E-state index in [9.17, 15) is 9.90 Å². The fraction of sp³-hybridized carbons (Fsp3) is 0.500. The second kappa shape index (κ2) is 5.29. The number of hydrogen-bond donors (Lipinski definition) is 3. The summed E-state index contributed by atoms with van der Waals surface area (Å²) >= 11 is 0. The second-order valence-corrected chi connectivity index (χ2v) is 5.27. The molecule has 0 heterocycles. The maximum atomic E-state index is 11.9. The van der Waals surface area contributed by atoms with Crippen molar-refractivity contribution >= 4 is 11.6 Å². The lowest BCUT2D eigenvalue weighted by atomic mass is 10.1. The first kappa shape index (κ1) is 12.7. The van der Waals surface area contributed by atoms with E-state index in [1.54, 1.807) is 12.1 Å². The minimum absolute atomic E-state index is 0.0443. The average Bonchev–Trinajstić information content (AvgIpc) is 2.75. The first-order valence-electron chi connectivity index (χ1n) is 6.43. The lowest BCUT2D eigenvalue weighted by Gasteiger charge is -2.11. The largest absolute Gasteiger partial charge is 0.506 e. The number of amides is 1. The van der Waals surface area contributed by atoms with Crippen LogP contribution >= 0.6 is 0 Å². The van der Waals surface area contributed by atoms with Gasteiger partial charge in [-0.05, 0) is 42.9 Å². The molecule has 0 aliphatic heterocycles. The molecule has 0 radical (unpaired) electrons. The van der Waals surface area contributed by atoms with Crippen LogP contribution in [0, 0.1) is 11.8 Å². The molecule has 0 bridgehead atoms. The highest BCUT2D eigenvalue weighted by Crippen LogP contribution is 2.29. The molecule has 98 valence electrons. The maximum absolute atomic E-state index is 11.9. The molecule has 2 unspecified atom stereocenters. The number of hydrogen-bond acceptors (Lipinski definition) is 3. The molecule has 2 atom stereocenters. The van der Waals surface area contributed by atoms with Gasteiger partial charge in [-0.15, -0.1) is 0 Å². The molecule has 1 fully saturated rings. The number of phenols is 1. The molecule has 1 saturated carbocycles. The Bertz CT molecular complexity index is 445. The van der Waals surface area contributed by atoms with Crippen LogP contribution in [0.5, 0.6) is 5.75 Å². The van der Waals surface area contributed by atoms with Gasteiger partial charge in [0.1, 0.15) is 5.75 Å². The molecule has 4 nitrogen and oxygen atoms in total. The van der Waals surface area contributed by atoms with Crippen LogP contribution in [0.25, 0.3) is 0 Å². The van der Waals surface area contributed by atoms with Gasteiger partial charge in [-0.1, -0.05) is 13.3 Å². The van der Waals surface area contributed by atoms with E-state index in [1.807, 2.05) is 0 Å². The highest BCUT2D eigenvalue weighted by atomic mass is 16.3. The van der Waals surface area contributed by atoms with E-state index in [-0.39, 0.29) is 17.3 Å². The van der Waals surface area contributed by atoms with Crippen LogP contribution in [0.2, 0.25) is 0 Å². The minimum atomic E-state index is -0.148. The smallest absolute Gasteiger partial charge is 0.251 e. The summed E-state index contributed by atoms with van der Waals surface area (Å²) in [6.07, 6.45) is 3.63. The molecule has 0 saturated heterocycles. The number of aromatic hydroxyl groups is 1. The van der Waals surface area contributed by atoms with E-state index in [0.717, 1.165) is 5.92 Å². The van der Waals surface area contributed by atoms with Crippen LogP contribution in [0.15, 0.2) is 18.2 Å². The molecule has 2 rings (SSSR count). The molecule has 1 aliphatic carbocycles. The highest BCUT2D eigenvalue weighted by molar-refractivity contribution is 5.95. The van der Waals surface area contributed by atoms with Crippen LogP contribution in [-0.2, 0) is 0 Å². The normalized spacial score (nSPS) is 22.9. The van der Waals surface area contributed by atoms with Gasteiger partial charge in [-0.25, -0.2) is 0 Å². The molecule has 1 aromatic carbocycles. The van der Waals surface area contributed by atoms with Crippen LogP contribution in [0.3, 0.4) is 0 Å². The molecule has 0 aromatic heterocycles. The Kier molecular flexibility index (Phi) is 3.75. The van der Waals surface area contributed by atoms with Crippen molar-refractivity contribution in [2.45, 2.75) is 26.2 Å². The standard InChI is InChI=1S/C14H20N2O2/c1-9-2-3-10(6-9)8-16-14(18)11-4-5-12(15)13(17)7-11/h4-5,7,9-10,17H,2-3,6,8,15H2,1H3,(H,16,18). The molecule has 4 N–H and O–H groups in total. The lowest BCUT2D eigenvalue weighted by Crippen LogP contribution is -2.28. The molecule has 1 aromatic rings. The quantitative estimate of drug-likeness (QED) is 0.566. The van der Waals surface area contributed by atoms with Crippen molar-refractivity contribution in [3.63, 3.8) is 0 Å². The number of benzene rings is 1. The predicted molar refractivity (Wildman–Crippen MR) is 71.4 cm³/mol. The summed E-state index contributed by atoms with van der Waals surface area (Å²) in [7, 11) is 0. The lowest BCUT2D eigenvalue weighted by molar-refractivity contribution is 0.0947. The van der Waals surface area contributed by atoms with Gasteiger partial charge in [-0.3, -0.25) is 4.79 Å². The number of rotatable bonds is 3. The zero-order valence-electron chi connectivity index (χ0n) is 10.6. The van der Waals surface area contributed by atoms with E-state index in [1.165, 1.54) is 25.3 Å². The van der Waals surface area contributed by atoms with E-state index in [4.69, 9.17) is 5.73 Å². The SMILES string of the molecule is CC1CCC(CNC(=O)c2ccc(N)c(O)c2)C1. The number of anilines is 1. The number of phenolic OH excluding ortho intramolecular Hbond substituents is 1. The Morgan fingerprint density at radius 1 is 1.50 bits per heavy atom. The van der Waals surface area contributed by atoms with Crippen LogP contribution in [0.1, 0.15) is 36.5 Å². The average molecular weight is 248 g/mol. The van der Waals surface area contributed by atoms with Crippen LogP contribution < -0.4 is 11.1 Å². The van der Waals surface area contributed by atoms with Crippen LogP contribution in [0.4, 0.5) is 5.69 Å². The summed E-state index contributed by atoms with van der Waals surface area (Å²) < 4.78 is 0. The van der Waals surface area contributed by atoms with Gasteiger partial charge < -0.3 is 16.2 Å². The fourth-order valence-electron chi connectivity index (χ4n) is 2.53. The number of carbonyl (C=O) groups is 1. The summed E-state index contributed by atoms with van der Waals surface area (Å²) in [4.78, 5) is 11.9. The Morgan fingerprint density at radius 3 is 2.89 bits per heavy atom. The molecule has 4 heteroatoms. The van der Waals surface area contributed by atoms with Crippen molar-refractivity contribution in [3.05, 3.63) is 23.8 Å². The monoisotopic (exact) mass is 248 g/mol. The summed E-state index contributed by atoms with van der Waals surface area (Å²) in [5.41, 5.74) is 6.24. The van der Waals surface area contributed by atoms with Gasteiger partial charge in [-0.2, -0.15) is 0 Å². The first-order valence-corrected chi connectivity index (χ1v) is 6.43. The van der Waals surface area contributed by atoms with Gasteiger partial charge in [0.05, 0.1) is 5.69 Å². The third-order valence-corrected chi connectivity index (χ3v) is 3.65. The highest BCUT2D eigenvalue weighted by Gasteiger charge is 2.21. The fourth-order valence-corrected chi connectivity index (χ4v) is 2.53. The van der Waals surface area contributed by atoms with Crippen molar-refractivity contribution in [1.82, 2.24) is 5.32 Å². The van der Waals surface area contributed by atoms with Crippen molar-refractivity contribution < 1.29 is 9.90 Å². The third kappa shape index (κ3) is 2.94.